The Morgan fingerprint density at radius 1 is 1.08 bits per heavy atom. The zero-order valence-corrected chi connectivity index (χ0v) is 13.7. The van der Waals surface area contributed by atoms with E-state index in [9.17, 15) is 18.3 Å². The second-order valence-electron chi connectivity index (χ2n) is 5.64. The lowest BCUT2D eigenvalue weighted by atomic mass is 10.0. The molecule has 2 nitrogen and oxygen atoms in total. The fraction of sp³-hybridized carbons (Fsp3) is 0.263. The molecule has 0 saturated heterocycles. The van der Waals surface area contributed by atoms with Gasteiger partial charge in [0.2, 0.25) is 0 Å². The molecule has 2 rings (SSSR count). The number of methoxy groups -OCH3 is 1. The van der Waals surface area contributed by atoms with E-state index >= 15 is 0 Å². The Labute approximate surface area is 139 Å². The van der Waals surface area contributed by atoms with Crippen LogP contribution >= 0.6 is 0 Å². The molecule has 0 atom stereocenters. The van der Waals surface area contributed by atoms with Crippen molar-refractivity contribution in [2.45, 2.75) is 26.4 Å². The lowest BCUT2D eigenvalue weighted by Crippen LogP contribution is -2.08. The summed E-state index contributed by atoms with van der Waals surface area (Å²) in [5.74, 6) is 0.0807. The number of aromatic hydroxyl groups is 1. The molecule has 24 heavy (non-hydrogen) atoms. The van der Waals surface area contributed by atoms with Crippen molar-refractivity contribution in [3.63, 3.8) is 0 Å². The van der Waals surface area contributed by atoms with Crippen LogP contribution < -0.4 is 4.74 Å². The number of alkyl halides is 3. The summed E-state index contributed by atoms with van der Waals surface area (Å²) in [6.45, 7) is 3.61. The van der Waals surface area contributed by atoms with Crippen LogP contribution in [0.15, 0.2) is 36.4 Å². The van der Waals surface area contributed by atoms with E-state index < -0.39 is 11.7 Å². The fourth-order valence-electron chi connectivity index (χ4n) is 2.52. The van der Waals surface area contributed by atoms with Crippen LogP contribution in [0.2, 0.25) is 0 Å². The van der Waals surface area contributed by atoms with E-state index in [1.807, 2.05) is 18.2 Å². The van der Waals surface area contributed by atoms with E-state index in [1.54, 1.807) is 26.0 Å². The molecule has 0 aromatic heterocycles. The third-order valence-corrected chi connectivity index (χ3v) is 3.75. The lowest BCUT2D eigenvalue weighted by Gasteiger charge is -2.13. The minimum Gasteiger partial charge on any atom is -0.507 e. The van der Waals surface area contributed by atoms with Crippen LogP contribution in [-0.4, -0.2) is 12.2 Å². The van der Waals surface area contributed by atoms with Crippen molar-refractivity contribution in [2.75, 3.05) is 7.11 Å². The van der Waals surface area contributed by atoms with Crippen LogP contribution in [0.4, 0.5) is 13.2 Å². The van der Waals surface area contributed by atoms with Crippen LogP contribution in [-0.2, 0) is 12.6 Å². The standard InChI is InChI=1S/C19H19F3O2/c1-12-9-15(10-13(2)18(12)23)6-4-5-14-7-8-17(24-3)16(11-14)19(20,21)22/h4,6-11,23H,5H2,1-3H3. The summed E-state index contributed by atoms with van der Waals surface area (Å²) in [7, 11) is 1.22. The molecule has 1 N–H and O–H groups in total. The van der Waals surface area contributed by atoms with Gasteiger partial charge in [0, 0.05) is 0 Å². The molecule has 0 spiro atoms. The molecule has 0 aliphatic heterocycles. The Hall–Kier alpha value is -2.43. The third kappa shape index (κ3) is 4.10. The maximum atomic E-state index is 13.0. The lowest BCUT2D eigenvalue weighted by molar-refractivity contribution is -0.138. The molecule has 0 radical (unpaired) electrons. The molecular weight excluding hydrogens is 317 g/mol. The van der Waals surface area contributed by atoms with E-state index in [4.69, 9.17) is 4.74 Å². The first-order chi connectivity index (χ1) is 11.2. The molecule has 0 saturated carbocycles. The number of hydrogen-bond acceptors (Lipinski definition) is 2. The predicted octanol–water partition coefficient (Wildman–Crippen LogP) is 5.29. The number of ether oxygens (including phenoxy) is 1. The second-order valence-corrected chi connectivity index (χ2v) is 5.64. The zero-order valence-electron chi connectivity index (χ0n) is 13.7. The topological polar surface area (TPSA) is 29.5 Å². The Balaban J connectivity index is 2.20. The number of aryl methyl sites for hydroxylation is 2. The highest BCUT2D eigenvalue weighted by molar-refractivity contribution is 5.56. The molecule has 0 heterocycles. The van der Waals surface area contributed by atoms with Crippen molar-refractivity contribution < 1.29 is 23.0 Å². The number of benzene rings is 2. The summed E-state index contributed by atoms with van der Waals surface area (Å²) < 4.78 is 43.8. The van der Waals surface area contributed by atoms with Gasteiger partial charge in [-0.05, 0) is 66.8 Å². The normalized spacial score (nSPS) is 11.9. The largest absolute Gasteiger partial charge is 0.507 e. The van der Waals surface area contributed by atoms with Gasteiger partial charge in [0.1, 0.15) is 11.5 Å². The number of hydrogen-bond donors (Lipinski definition) is 1. The Morgan fingerprint density at radius 3 is 2.25 bits per heavy atom. The molecule has 128 valence electrons. The van der Waals surface area contributed by atoms with Gasteiger partial charge >= 0.3 is 6.18 Å². The van der Waals surface area contributed by atoms with Crippen molar-refractivity contribution in [1.29, 1.82) is 0 Å². The van der Waals surface area contributed by atoms with E-state index in [0.29, 0.717) is 12.0 Å². The van der Waals surface area contributed by atoms with Gasteiger partial charge in [-0.25, -0.2) is 0 Å². The highest BCUT2D eigenvalue weighted by atomic mass is 19.4. The molecule has 0 aliphatic carbocycles. The summed E-state index contributed by atoms with van der Waals surface area (Å²) in [5.41, 5.74) is 2.20. The van der Waals surface area contributed by atoms with E-state index in [-0.39, 0.29) is 11.5 Å². The van der Waals surface area contributed by atoms with Gasteiger partial charge in [0.05, 0.1) is 12.7 Å². The van der Waals surface area contributed by atoms with Crippen molar-refractivity contribution in [2.24, 2.45) is 0 Å². The molecule has 0 aliphatic rings. The average Bonchev–Trinajstić information content (AvgIpc) is 2.51. The highest BCUT2D eigenvalue weighted by Crippen LogP contribution is 2.36. The highest BCUT2D eigenvalue weighted by Gasteiger charge is 2.34. The molecule has 0 bridgehead atoms. The molecule has 5 heteroatoms. The molecule has 0 unspecified atom stereocenters. The zero-order chi connectivity index (χ0) is 17.9. The fourth-order valence-corrected chi connectivity index (χ4v) is 2.52. The van der Waals surface area contributed by atoms with Gasteiger partial charge in [0.15, 0.2) is 0 Å². The first-order valence-corrected chi connectivity index (χ1v) is 7.43. The van der Waals surface area contributed by atoms with Crippen molar-refractivity contribution >= 4 is 6.08 Å². The van der Waals surface area contributed by atoms with Crippen LogP contribution in [0.1, 0.15) is 27.8 Å². The first kappa shape index (κ1) is 17.9. The van der Waals surface area contributed by atoms with Gasteiger partial charge in [-0.15, -0.1) is 0 Å². The first-order valence-electron chi connectivity index (χ1n) is 7.43. The van der Waals surface area contributed by atoms with Crippen LogP contribution in [0.3, 0.4) is 0 Å². The van der Waals surface area contributed by atoms with Crippen LogP contribution in [0.5, 0.6) is 11.5 Å². The minimum atomic E-state index is -4.45. The van der Waals surface area contributed by atoms with Gasteiger partial charge in [0.25, 0.3) is 0 Å². The monoisotopic (exact) mass is 336 g/mol. The van der Waals surface area contributed by atoms with E-state index in [0.717, 1.165) is 22.8 Å². The molecule has 0 amide bonds. The van der Waals surface area contributed by atoms with E-state index in [1.165, 1.54) is 13.2 Å². The average molecular weight is 336 g/mol. The summed E-state index contributed by atoms with van der Waals surface area (Å²) in [6, 6.07) is 7.71. The number of rotatable bonds is 4. The Kier molecular flexibility index (Phi) is 5.22. The van der Waals surface area contributed by atoms with Crippen LogP contribution in [0, 0.1) is 13.8 Å². The SMILES string of the molecule is COc1ccc(CC=Cc2cc(C)c(O)c(C)c2)cc1C(F)(F)F. The van der Waals surface area contributed by atoms with Crippen molar-refractivity contribution in [3.05, 3.63) is 64.2 Å². The number of allylic oxidation sites excluding steroid dienone is 1. The smallest absolute Gasteiger partial charge is 0.419 e. The molecular formula is C19H19F3O2. The van der Waals surface area contributed by atoms with Gasteiger partial charge in [-0.1, -0.05) is 18.2 Å². The number of phenols is 1. The summed E-state index contributed by atoms with van der Waals surface area (Å²) in [6.07, 6.45) is -0.452. The van der Waals surface area contributed by atoms with Crippen LogP contribution in [0.25, 0.3) is 6.08 Å². The molecule has 2 aromatic rings. The summed E-state index contributed by atoms with van der Waals surface area (Å²) >= 11 is 0. The Morgan fingerprint density at radius 2 is 1.71 bits per heavy atom. The quantitative estimate of drug-likeness (QED) is 0.822. The number of halogens is 3. The van der Waals surface area contributed by atoms with E-state index in [2.05, 4.69) is 0 Å². The number of phenolic OH excluding ortho intramolecular Hbond substituents is 1. The summed E-state index contributed by atoms with van der Waals surface area (Å²) in [5, 5.41) is 9.75. The van der Waals surface area contributed by atoms with Crippen molar-refractivity contribution in [1.82, 2.24) is 0 Å². The third-order valence-electron chi connectivity index (χ3n) is 3.75. The molecule has 0 fully saturated rings. The second kappa shape index (κ2) is 6.99. The van der Waals surface area contributed by atoms with Gasteiger partial charge < -0.3 is 9.84 Å². The minimum absolute atomic E-state index is 0.181. The predicted molar refractivity (Wildman–Crippen MR) is 88.3 cm³/mol. The maximum absolute atomic E-state index is 13.0. The Bertz CT molecular complexity index is 739. The van der Waals surface area contributed by atoms with Gasteiger partial charge in [-0.3, -0.25) is 0 Å². The van der Waals surface area contributed by atoms with Crippen molar-refractivity contribution in [3.8, 4) is 11.5 Å². The maximum Gasteiger partial charge on any atom is 0.419 e. The molecule has 2 aromatic carbocycles. The van der Waals surface area contributed by atoms with Gasteiger partial charge in [-0.2, -0.15) is 13.2 Å². The summed E-state index contributed by atoms with van der Waals surface area (Å²) in [4.78, 5) is 0.